The Kier molecular flexibility index (Phi) is 19.8. The van der Waals surface area contributed by atoms with Crippen molar-refractivity contribution in [2.24, 2.45) is 5.41 Å². The standard InChI is InChI=1S/C38H58N6O10S/c1-24(15-18-44(9)35(52)32(37(2,3)4)42-34(51)31(39-7)38(5,6)25-13-11-10-12-14-25)33(50)41-27(36(53)54)22-28(46)40-17-19-43(8)29(47)21-26(23-45)55-20-16-30(48)49/h10-15,23,26-27,31-32,39H,16-22H2,1-9H3,(H,40,46)(H,41,50)(H,42,51)(H,48,49)(H,53,54)/b24-15+/t26?,27-,31-,32?/m1/s1. The molecule has 16 nitrogen and oxygen atoms in total. The smallest absolute Gasteiger partial charge is 0.326 e. The van der Waals surface area contributed by atoms with Gasteiger partial charge in [-0.15, -0.1) is 11.8 Å². The van der Waals surface area contributed by atoms with E-state index in [4.69, 9.17) is 5.11 Å². The Morgan fingerprint density at radius 2 is 1.51 bits per heavy atom. The molecular weight excluding hydrogens is 733 g/mol. The summed E-state index contributed by atoms with van der Waals surface area (Å²) in [5, 5.41) is 28.6. The molecule has 0 bridgehead atoms. The Labute approximate surface area is 327 Å². The fourth-order valence-electron chi connectivity index (χ4n) is 5.39. The predicted octanol–water partition coefficient (Wildman–Crippen LogP) is 1.19. The highest BCUT2D eigenvalue weighted by molar-refractivity contribution is 8.00. The van der Waals surface area contributed by atoms with Crippen LogP contribution in [0, 0.1) is 5.41 Å². The molecule has 1 aromatic rings. The van der Waals surface area contributed by atoms with Crippen LogP contribution in [0.1, 0.15) is 66.4 Å². The van der Waals surface area contributed by atoms with Gasteiger partial charge in [0.2, 0.25) is 29.5 Å². The molecule has 1 rings (SSSR count). The van der Waals surface area contributed by atoms with Gasteiger partial charge in [-0.25, -0.2) is 4.79 Å². The van der Waals surface area contributed by atoms with Gasteiger partial charge in [-0.05, 0) is 24.9 Å². The lowest BCUT2D eigenvalue weighted by Crippen LogP contribution is -2.60. The van der Waals surface area contributed by atoms with E-state index < -0.39 is 76.2 Å². The fourth-order valence-corrected chi connectivity index (χ4v) is 6.33. The molecule has 0 spiro atoms. The van der Waals surface area contributed by atoms with Crippen LogP contribution in [0.15, 0.2) is 42.0 Å². The average Bonchev–Trinajstić information content (AvgIpc) is 3.11. The van der Waals surface area contributed by atoms with Crippen molar-refractivity contribution in [2.45, 2.75) is 89.6 Å². The summed E-state index contributed by atoms with van der Waals surface area (Å²) in [6, 6.07) is 6.39. The molecule has 55 heavy (non-hydrogen) atoms. The quantitative estimate of drug-likeness (QED) is 0.0679. The van der Waals surface area contributed by atoms with E-state index in [0.29, 0.717) is 6.29 Å². The van der Waals surface area contributed by atoms with Gasteiger partial charge in [-0.2, -0.15) is 0 Å². The van der Waals surface area contributed by atoms with E-state index in [0.717, 1.165) is 17.3 Å². The normalized spacial score (nSPS) is 14.0. The van der Waals surface area contributed by atoms with Gasteiger partial charge in [-0.3, -0.25) is 28.8 Å². The maximum Gasteiger partial charge on any atom is 0.326 e. The van der Waals surface area contributed by atoms with Crippen molar-refractivity contribution in [1.29, 1.82) is 0 Å². The van der Waals surface area contributed by atoms with E-state index in [-0.39, 0.29) is 49.7 Å². The number of carbonyl (C=O) groups is 8. The monoisotopic (exact) mass is 790 g/mol. The lowest BCUT2D eigenvalue weighted by molar-refractivity contribution is -0.143. The van der Waals surface area contributed by atoms with Gasteiger partial charge in [0.15, 0.2) is 0 Å². The summed E-state index contributed by atoms with van der Waals surface area (Å²) in [5.74, 6) is -4.91. The second kappa shape index (κ2) is 22.6. The van der Waals surface area contributed by atoms with Crippen LogP contribution < -0.4 is 21.3 Å². The largest absolute Gasteiger partial charge is 0.481 e. The number of thioether (sulfide) groups is 1. The number of aliphatic carboxylic acids is 2. The van der Waals surface area contributed by atoms with Crippen LogP contribution in [0.2, 0.25) is 0 Å². The third-order valence-electron chi connectivity index (χ3n) is 8.96. The molecular formula is C38H58N6O10S. The van der Waals surface area contributed by atoms with E-state index >= 15 is 0 Å². The van der Waals surface area contributed by atoms with Crippen molar-refractivity contribution in [3.05, 3.63) is 47.5 Å². The van der Waals surface area contributed by atoms with E-state index in [1.54, 1.807) is 7.05 Å². The molecule has 0 aliphatic carbocycles. The zero-order valence-corrected chi connectivity index (χ0v) is 34.1. The first-order valence-electron chi connectivity index (χ1n) is 17.8. The van der Waals surface area contributed by atoms with Crippen molar-refractivity contribution < 1.29 is 48.6 Å². The minimum atomic E-state index is -1.58. The van der Waals surface area contributed by atoms with Crippen molar-refractivity contribution in [3.8, 4) is 0 Å². The van der Waals surface area contributed by atoms with Gasteiger partial charge in [0.1, 0.15) is 18.4 Å². The topological polar surface area (TPSA) is 232 Å². The van der Waals surface area contributed by atoms with Gasteiger partial charge in [-0.1, -0.05) is 71.0 Å². The summed E-state index contributed by atoms with van der Waals surface area (Å²) in [5.41, 5.74) is -0.268. The molecule has 0 aliphatic rings. The fraction of sp³-hybridized carbons (Fsp3) is 0.579. The summed E-state index contributed by atoms with van der Waals surface area (Å²) < 4.78 is 0. The molecule has 17 heteroatoms. The molecule has 2 unspecified atom stereocenters. The van der Waals surface area contributed by atoms with Crippen molar-refractivity contribution in [1.82, 2.24) is 31.1 Å². The minimum absolute atomic E-state index is 0.0328. The Morgan fingerprint density at radius 1 is 0.891 bits per heavy atom. The Morgan fingerprint density at radius 3 is 2.04 bits per heavy atom. The number of likely N-dealkylation sites (N-methyl/N-ethyl adjacent to an activating group) is 3. The Balaban J connectivity index is 2.80. The summed E-state index contributed by atoms with van der Waals surface area (Å²) in [4.78, 5) is 102. The van der Waals surface area contributed by atoms with Crippen molar-refractivity contribution in [2.75, 3.05) is 46.5 Å². The van der Waals surface area contributed by atoms with Gasteiger partial charge >= 0.3 is 11.9 Å². The van der Waals surface area contributed by atoms with E-state index in [2.05, 4.69) is 21.3 Å². The molecule has 6 N–H and O–H groups in total. The molecule has 0 radical (unpaired) electrons. The number of hydrogen-bond acceptors (Lipinski definition) is 10. The number of benzene rings is 1. The number of carbonyl (C=O) groups excluding carboxylic acids is 6. The number of aldehydes is 1. The van der Waals surface area contributed by atoms with Crippen LogP contribution >= 0.6 is 11.8 Å². The number of rotatable bonds is 23. The van der Waals surface area contributed by atoms with E-state index in [1.807, 2.05) is 65.0 Å². The second-order valence-electron chi connectivity index (χ2n) is 14.8. The van der Waals surface area contributed by atoms with Crippen LogP contribution in [0.3, 0.4) is 0 Å². The third kappa shape index (κ3) is 16.2. The van der Waals surface area contributed by atoms with Crippen LogP contribution in [-0.2, 0) is 43.8 Å². The van der Waals surface area contributed by atoms with Crippen molar-refractivity contribution >= 4 is 59.5 Å². The van der Waals surface area contributed by atoms with Crippen LogP contribution in [-0.4, -0.2) is 138 Å². The first kappa shape index (κ1) is 48.2. The molecule has 0 saturated carbocycles. The first-order valence-corrected chi connectivity index (χ1v) is 18.9. The summed E-state index contributed by atoms with van der Waals surface area (Å²) in [7, 11) is 4.67. The minimum Gasteiger partial charge on any atom is -0.481 e. The summed E-state index contributed by atoms with van der Waals surface area (Å²) >= 11 is 1.06. The van der Waals surface area contributed by atoms with Crippen LogP contribution in [0.25, 0.3) is 0 Å². The highest BCUT2D eigenvalue weighted by Gasteiger charge is 2.40. The molecule has 0 aliphatic heterocycles. The van der Waals surface area contributed by atoms with Gasteiger partial charge in [0.25, 0.3) is 0 Å². The number of carboxylic acid groups (broad SMARTS) is 2. The van der Waals surface area contributed by atoms with E-state index in [9.17, 15) is 43.5 Å². The number of nitrogens with one attached hydrogen (secondary N) is 4. The van der Waals surface area contributed by atoms with E-state index in [1.165, 1.54) is 36.9 Å². The zero-order valence-electron chi connectivity index (χ0n) is 33.3. The van der Waals surface area contributed by atoms with Gasteiger partial charge < -0.3 is 46.1 Å². The molecule has 4 atom stereocenters. The maximum absolute atomic E-state index is 13.7. The predicted molar refractivity (Wildman–Crippen MR) is 209 cm³/mol. The Hall–Kier alpha value is -4.77. The van der Waals surface area contributed by atoms with Crippen LogP contribution in [0.5, 0.6) is 0 Å². The van der Waals surface area contributed by atoms with Crippen molar-refractivity contribution in [3.63, 3.8) is 0 Å². The lowest BCUT2D eigenvalue weighted by Gasteiger charge is -2.38. The number of amides is 5. The first-order chi connectivity index (χ1) is 25.6. The number of carboxylic acids is 2. The molecule has 1 aromatic carbocycles. The molecule has 0 heterocycles. The number of nitrogens with zero attached hydrogens (tertiary/aromatic N) is 2. The van der Waals surface area contributed by atoms with Crippen LogP contribution in [0.4, 0.5) is 0 Å². The molecule has 0 saturated heterocycles. The lowest BCUT2D eigenvalue weighted by atomic mass is 9.76. The highest BCUT2D eigenvalue weighted by atomic mass is 32.2. The highest BCUT2D eigenvalue weighted by Crippen LogP contribution is 2.28. The second-order valence-corrected chi connectivity index (χ2v) is 16.2. The average molecular weight is 791 g/mol. The Bertz CT molecular complexity index is 1550. The van der Waals surface area contributed by atoms with Gasteiger partial charge in [0.05, 0.1) is 24.1 Å². The molecule has 0 aromatic heterocycles. The number of hydrogen-bond donors (Lipinski definition) is 6. The summed E-state index contributed by atoms with van der Waals surface area (Å²) in [6.07, 6.45) is 1.12. The van der Waals surface area contributed by atoms with Gasteiger partial charge in [0, 0.05) is 56.9 Å². The summed E-state index contributed by atoms with van der Waals surface area (Å²) in [6.45, 7) is 10.8. The zero-order chi connectivity index (χ0) is 42.1. The molecule has 306 valence electrons. The SMILES string of the molecule is CN[C@H](C(=O)NC(C(=O)N(C)C/C=C(\C)C(=O)N[C@H](CC(=O)NCCN(C)C(=O)CC(C=O)SCCC(=O)O)C(=O)O)C(C)(C)C)C(C)(C)c1ccccc1. The maximum atomic E-state index is 13.7. The third-order valence-corrected chi connectivity index (χ3v) is 10.1. The molecule has 0 fully saturated rings. The molecule has 5 amide bonds.